The van der Waals surface area contributed by atoms with Crippen LogP contribution in [0, 0.1) is 11.6 Å². The van der Waals surface area contributed by atoms with Crippen LogP contribution in [0.1, 0.15) is 0 Å². The molecule has 0 spiro atoms. The molecule has 0 bridgehead atoms. The Balaban J connectivity index is 0.000000184. The van der Waals surface area contributed by atoms with Crippen LogP contribution in [0.2, 0.25) is 0 Å². The summed E-state index contributed by atoms with van der Waals surface area (Å²) in [5.41, 5.74) is 1.28. The van der Waals surface area contributed by atoms with Crippen molar-refractivity contribution in [2.75, 3.05) is 42.4 Å². The van der Waals surface area contributed by atoms with E-state index in [-0.39, 0.29) is 32.0 Å². The number of carbonyl (C=O) groups is 2. The van der Waals surface area contributed by atoms with Gasteiger partial charge in [-0.15, -0.1) is 0 Å². The molecule has 0 aliphatic carbocycles. The van der Waals surface area contributed by atoms with Crippen LogP contribution < -0.4 is 9.80 Å². The van der Waals surface area contributed by atoms with Crippen LogP contribution in [0.25, 0.3) is 11.4 Å². The number of aliphatic hydroxyl groups is 1. The molecule has 6 rings (SSSR count). The van der Waals surface area contributed by atoms with E-state index in [2.05, 4.69) is 46.0 Å². The first-order chi connectivity index (χ1) is 21.8. The molecule has 1 N–H and O–H groups in total. The number of hydrogen-bond donors (Lipinski definition) is 1. The average Bonchev–Trinajstić information content (AvgIpc) is 3.79. The number of aliphatic hydroxyl groups excluding tert-OH is 1. The van der Waals surface area contributed by atoms with E-state index in [1.54, 1.807) is 30.6 Å². The maximum Gasteiger partial charge on any atom is 0.414 e. The molecule has 2 saturated heterocycles. The predicted molar refractivity (Wildman–Crippen MR) is 166 cm³/mol. The van der Waals surface area contributed by atoms with Crippen LogP contribution in [0.3, 0.4) is 0 Å². The lowest BCUT2D eigenvalue weighted by atomic mass is 10.2. The van der Waals surface area contributed by atoms with E-state index in [0.29, 0.717) is 26.3 Å². The summed E-state index contributed by atoms with van der Waals surface area (Å²) < 4.78 is 69.4. The van der Waals surface area contributed by atoms with Gasteiger partial charge in [-0.25, -0.2) is 28.3 Å². The van der Waals surface area contributed by atoms with Crippen LogP contribution in [-0.4, -0.2) is 89.6 Å². The highest BCUT2D eigenvalue weighted by Gasteiger charge is 2.34. The monoisotopic (exact) mass is 788 g/mol. The number of nitrogens with zero attached hydrogens (tertiary/aromatic N) is 6. The second kappa shape index (κ2) is 13.8. The zero-order valence-corrected chi connectivity index (χ0v) is 27.7. The molecule has 2 aliphatic rings. The lowest BCUT2D eigenvalue weighted by molar-refractivity contribution is 0.0963. The van der Waals surface area contributed by atoms with E-state index in [0.717, 1.165) is 6.26 Å². The van der Waals surface area contributed by atoms with Crippen molar-refractivity contribution in [1.29, 1.82) is 0 Å². The van der Waals surface area contributed by atoms with E-state index in [9.17, 15) is 26.8 Å². The molecular formula is C27H24Br2F2N6O8S. The number of aromatic nitrogens is 4. The zero-order valence-electron chi connectivity index (χ0n) is 23.7. The average molecular weight is 790 g/mol. The number of halogens is 4. The highest BCUT2D eigenvalue weighted by molar-refractivity contribution is 9.10. The fourth-order valence-corrected chi connectivity index (χ4v) is 5.48. The first kappa shape index (κ1) is 33.5. The molecule has 0 radical (unpaired) electrons. The molecule has 2 aromatic heterocycles. The minimum atomic E-state index is -3.63. The van der Waals surface area contributed by atoms with Crippen molar-refractivity contribution in [2.45, 2.75) is 12.2 Å². The lowest BCUT2D eigenvalue weighted by Gasteiger charge is -2.14. The van der Waals surface area contributed by atoms with E-state index in [1.165, 1.54) is 49.8 Å². The van der Waals surface area contributed by atoms with Crippen molar-refractivity contribution < 1.29 is 45.6 Å². The van der Waals surface area contributed by atoms with Crippen molar-refractivity contribution in [3.63, 3.8) is 0 Å². The molecule has 4 heterocycles. The molecular weight excluding hydrogens is 766 g/mol. The Bertz CT molecular complexity index is 1870. The summed E-state index contributed by atoms with van der Waals surface area (Å²) >= 11 is 6.38. The van der Waals surface area contributed by atoms with Gasteiger partial charge in [0.05, 0.1) is 48.7 Å². The Hall–Kier alpha value is -3.91. The number of ether oxygens (including phenoxy) is 2. The Morgan fingerprint density at radius 1 is 0.870 bits per heavy atom. The third kappa shape index (κ3) is 7.89. The van der Waals surface area contributed by atoms with Gasteiger partial charge in [-0.3, -0.25) is 14.0 Å². The molecule has 4 aromatic rings. The SMILES string of the molecule is CS(=O)(=O)OC[C@@H]1CN(c2ccc(-n3cnc(Br)c3)c(F)c2)C(=O)O1.O=C1O[C@H](CO)CN1c1ccc(-n2cnc(Br)c2)c(F)c1. The van der Waals surface area contributed by atoms with Crippen LogP contribution >= 0.6 is 31.9 Å². The Kier molecular flexibility index (Phi) is 10.1. The molecule has 2 aromatic carbocycles. The van der Waals surface area contributed by atoms with Gasteiger partial charge in [0.2, 0.25) is 0 Å². The van der Waals surface area contributed by atoms with Crippen molar-refractivity contribution in [1.82, 2.24) is 19.1 Å². The molecule has 244 valence electrons. The number of anilines is 2. The second-order valence-electron chi connectivity index (χ2n) is 9.88. The van der Waals surface area contributed by atoms with Gasteiger partial charge in [0.1, 0.15) is 52.3 Å². The summed E-state index contributed by atoms with van der Waals surface area (Å²) in [6, 6.07) is 8.69. The molecule has 2 atom stereocenters. The Morgan fingerprint density at radius 3 is 1.70 bits per heavy atom. The smallest absolute Gasteiger partial charge is 0.414 e. The highest BCUT2D eigenvalue weighted by Crippen LogP contribution is 2.27. The zero-order chi connectivity index (χ0) is 33.2. The van der Waals surface area contributed by atoms with Gasteiger partial charge < -0.3 is 23.7 Å². The number of imidazole rings is 2. The first-order valence-corrected chi connectivity index (χ1v) is 16.6. The fraction of sp³-hybridized carbons (Fsp3) is 0.259. The number of rotatable bonds is 8. The number of benzene rings is 2. The summed E-state index contributed by atoms with van der Waals surface area (Å²) in [7, 11) is -3.63. The summed E-state index contributed by atoms with van der Waals surface area (Å²) in [4.78, 5) is 34.0. The summed E-state index contributed by atoms with van der Waals surface area (Å²) in [6.45, 7) is -0.287. The van der Waals surface area contributed by atoms with Crippen molar-refractivity contribution in [3.8, 4) is 11.4 Å². The second-order valence-corrected chi connectivity index (χ2v) is 13.2. The maximum absolute atomic E-state index is 14.4. The molecule has 2 fully saturated rings. The molecule has 46 heavy (non-hydrogen) atoms. The van der Waals surface area contributed by atoms with Crippen molar-refractivity contribution in [3.05, 3.63) is 82.3 Å². The van der Waals surface area contributed by atoms with Gasteiger partial charge in [0.25, 0.3) is 10.1 Å². The van der Waals surface area contributed by atoms with Crippen LogP contribution in [0.5, 0.6) is 0 Å². The quantitative estimate of drug-likeness (QED) is 0.257. The standard InChI is InChI=1S/C14H13BrFN3O5S.C13H11BrFN3O3/c1-25(21,22)23-7-10-5-19(14(20)24-10)9-2-3-12(11(16)4-9)18-6-13(15)17-8-18;14-12-5-17(7-16-12)11-2-1-8(3-10(11)15)18-4-9(6-19)21-13(18)20/h2-4,6,8,10H,5,7H2,1H3;1-3,5,7,9,19H,4,6H2/t10-;9-/m00/s1. The molecule has 0 saturated carbocycles. The van der Waals surface area contributed by atoms with Gasteiger partial charge >= 0.3 is 12.2 Å². The Labute approximate surface area is 277 Å². The van der Waals surface area contributed by atoms with Crippen LogP contribution in [0.4, 0.5) is 29.7 Å². The molecule has 19 heteroatoms. The summed E-state index contributed by atoms with van der Waals surface area (Å²) in [5.74, 6) is -1.04. The minimum absolute atomic E-state index is 0.0593. The van der Waals surface area contributed by atoms with E-state index < -0.39 is 46.1 Å². The number of hydrogen-bond acceptors (Lipinski definition) is 10. The van der Waals surface area contributed by atoms with Crippen molar-refractivity contribution >= 4 is 65.5 Å². The third-order valence-corrected chi connectivity index (χ3v) is 7.95. The van der Waals surface area contributed by atoms with Gasteiger partial charge in [-0.1, -0.05) is 0 Å². The van der Waals surface area contributed by atoms with Crippen molar-refractivity contribution in [2.24, 2.45) is 0 Å². The topological polar surface area (TPSA) is 158 Å². The van der Waals surface area contributed by atoms with Crippen LogP contribution in [0.15, 0.2) is 70.7 Å². The Morgan fingerprint density at radius 2 is 1.33 bits per heavy atom. The van der Waals surface area contributed by atoms with E-state index in [1.807, 2.05) is 0 Å². The molecule has 0 unspecified atom stereocenters. The van der Waals surface area contributed by atoms with Gasteiger partial charge in [0, 0.05) is 12.4 Å². The normalized spacial score (nSPS) is 18.0. The third-order valence-electron chi connectivity index (χ3n) is 6.56. The number of carbonyl (C=O) groups excluding carboxylic acids is 2. The van der Waals surface area contributed by atoms with E-state index >= 15 is 0 Å². The molecule has 2 amide bonds. The fourth-order valence-electron chi connectivity index (χ4n) is 4.45. The maximum atomic E-state index is 14.4. The summed E-state index contributed by atoms with van der Waals surface area (Å²) in [5, 5.41) is 9.01. The lowest BCUT2D eigenvalue weighted by Crippen LogP contribution is -2.26. The van der Waals surface area contributed by atoms with E-state index in [4.69, 9.17) is 14.6 Å². The van der Waals surface area contributed by atoms with Gasteiger partial charge in [0.15, 0.2) is 0 Å². The minimum Gasteiger partial charge on any atom is -0.441 e. The van der Waals surface area contributed by atoms with Crippen LogP contribution in [-0.2, 0) is 23.8 Å². The number of cyclic esters (lactones) is 2. The summed E-state index contributed by atoms with van der Waals surface area (Å²) in [6.07, 6.45) is 4.44. The molecule has 2 aliphatic heterocycles. The number of amides is 2. The largest absolute Gasteiger partial charge is 0.441 e. The first-order valence-electron chi connectivity index (χ1n) is 13.2. The predicted octanol–water partition coefficient (Wildman–Crippen LogP) is 4.17. The highest BCUT2D eigenvalue weighted by atomic mass is 79.9. The molecule has 14 nitrogen and oxygen atoms in total. The van der Waals surface area contributed by atoms with Gasteiger partial charge in [-0.2, -0.15) is 8.42 Å². The van der Waals surface area contributed by atoms with Gasteiger partial charge in [-0.05, 0) is 68.3 Å².